The predicted molar refractivity (Wildman–Crippen MR) is 62.0 cm³/mol. The van der Waals surface area contributed by atoms with E-state index >= 15 is 0 Å². The van der Waals surface area contributed by atoms with Crippen molar-refractivity contribution in [3.63, 3.8) is 0 Å². The van der Waals surface area contributed by atoms with Crippen LogP contribution in [0.2, 0.25) is 0 Å². The summed E-state index contributed by atoms with van der Waals surface area (Å²) in [4.78, 5) is 26.0. The maximum atomic E-state index is 11.1. The van der Waals surface area contributed by atoms with E-state index in [1.807, 2.05) is 20.8 Å². The van der Waals surface area contributed by atoms with Crippen LogP contribution in [0.15, 0.2) is 4.99 Å². The zero-order valence-corrected chi connectivity index (χ0v) is 10.7. The van der Waals surface area contributed by atoms with Crippen molar-refractivity contribution in [2.24, 2.45) is 4.99 Å². The fraction of sp³-hybridized carbons (Fsp3) is 0.727. The number of esters is 2. The smallest absolute Gasteiger partial charge is 0.344 e. The Morgan fingerprint density at radius 2 is 1.71 bits per heavy atom. The van der Waals surface area contributed by atoms with Crippen LogP contribution in [0.25, 0.3) is 0 Å². The highest BCUT2D eigenvalue weighted by Crippen LogP contribution is 2.04. The second kappa shape index (κ2) is 7.78. The monoisotopic (exact) mass is 245 g/mol. The van der Waals surface area contributed by atoms with Gasteiger partial charge in [-0.15, -0.1) is 0 Å². The molecule has 0 aromatic rings. The Kier molecular flexibility index (Phi) is 7.13. The van der Waals surface area contributed by atoms with Crippen LogP contribution in [0.3, 0.4) is 0 Å². The molecule has 0 aliphatic carbocycles. The summed E-state index contributed by atoms with van der Waals surface area (Å²) in [7, 11) is 1.36. The van der Waals surface area contributed by atoms with Gasteiger partial charge in [-0.1, -0.05) is 0 Å². The van der Waals surface area contributed by atoms with Gasteiger partial charge in [0, 0.05) is 13.3 Å². The van der Waals surface area contributed by atoms with Crippen LogP contribution in [0.4, 0.5) is 0 Å². The van der Waals surface area contributed by atoms with Crippen molar-refractivity contribution >= 4 is 18.2 Å². The lowest BCUT2D eigenvalue weighted by atomic mass is 10.1. The maximum absolute atomic E-state index is 11.1. The van der Waals surface area contributed by atoms with Crippen LogP contribution in [0.1, 0.15) is 20.8 Å². The van der Waals surface area contributed by atoms with Crippen LogP contribution in [0.5, 0.6) is 0 Å². The summed E-state index contributed by atoms with van der Waals surface area (Å²) >= 11 is 0. The summed E-state index contributed by atoms with van der Waals surface area (Å²) in [6.45, 7) is 5.26. The summed E-state index contributed by atoms with van der Waals surface area (Å²) < 4.78 is 13.8. The van der Waals surface area contributed by atoms with Crippen LogP contribution >= 0.6 is 0 Å². The Morgan fingerprint density at radius 1 is 1.12 bits per heavy atom. The first kappa shape index (κ1) is 15.6. The zero-order valence-electron chi connectivity index (χ0n) is 10.7. The molecule has 0 spiro atoms. The van der Waals surface area contributed by atoms with Crippen molar-refractivity contribution in [3.8, 4) is 0 Å². The quantitative estimate of drug-likeness (QED) is 0.505. The third kappa shape index (κ3) is 10.8. The molecule has 0 heterocycles. The fourth-order valence-electron chi connectivity index (χ4n) is 0.782. The van der Waals surface area contributed by atoms with E-state index in [-0.39, 0.29) is 18.8 Å². The molecule has 0 aromatic heterocycles. The highest BCUT2D eigenvalue weighted by Gasteiger charge is 2.08. The Labute approximate surface area is 101 Å². The number of rotatable bonds is 6. The average Bonchev–Trinajstić information content (AvgIpc) is 2.21. The molecule has 0 rings (SSSR count). The first-order valence-corrected chi connectivity index (χ1v) is 5.19. The standard InChI is InChI=1S/C11H19NO5/c1-11(2,3)12-5-6-16-10(14)8-17-9(13)7-15-4/h5H,6-8H2,1-4H3/b12-5+. The van der Waals surface area contributed by atoms with Crippen LogP contribution < -0.4 is 0 Å². The molecule has 17 heavy (non-hydrogen) atoms. The van der Waals surface area contributed by atoms with E-state index in [9.17, 15) is 9.59 Å². The lowest BCUT2D eigenvalue weighted by Gasteiger charge is -2.10. The second-order valence-corrected chi connectivity index (χ2v) is 4.26. The molecule has 98 valence electrons. The first-order chi connectivity index (χ1) is 7.85. The molecular formula is C11H19NO5. The van der Waals surface area contributed by atoms with E-state index < -0.39 is 18.5 Å². The van der Waals surface area contributed by atoms with Crippen LogP contribution in [-0.4, -0.2) is 50.6 Å². The van der Waals surface area contributed by atoms with Crippen molar-refractivity contribution in [1.29, 1.82) is 0 Å². The molecule has 0 bridgehead atoms. The van der Waals surface area contributed by atoms with E-state index in [0.717, 1.165) is 0 Å². The molecule has 0 saturated carbocycles. The number of carbonyl (C=O) groups excluding carboxylic acids is 2. The largest absolute Gasteiger partial charge is 0.457 e. The average molecular weight is 245 g/mol. The van der Waals surface area contributed by atoms with Gasteiger partial charge in [0.05, 0.1) is 5.54 Å². The van der Waals surface area contributed by atoms with Crippen molar-refractivity contribution in [3.05, 3.63) is 0 Å². The van der Waals surface area contributed by atoms with Gasteiger partial charge in [0.1, 0.15) is 13.2 Å². The number of hydrogen-bond acceptors (Lipinski definition) is 6. The summed E-state index contributed by atoms with van der Waals surface area (Å²) in [5.41, 5.74) is -0.197. The van der Waals surface area contributed by atoms with Gasteiger partial charge < -0.3 is 14.2 Å². The van der Waals surface area contributed by atoms with E-state index in [2.05, 4.69) is 14.5 Å². The summed E-state index contributed by atoms with van der Waals surface area (Å²) in [5.74, 6) is -1.22. The minimum absolute atomic E-state index is 0.0674. The first-order valence-electron chi connectivity index (χ1n) is 5.19. The number of ether oxygens (including phenoxy) is 3. The fourth-order valence-corrected chi connectivity index (χ4v) is 0.782. The van der Waals surface area contributed by atoms with E-state index in [1.165, 1.54) is 13.3 Å². The number of methoxy groups -OCH3 is 1. The number of hydrogen-bond donors (Lipinski definition) is 0. The highest BCUT2D eigenvalue weighted by molar-refractivity contribution is 5.78. The van der Waals surface area contributed by atoms with Gasteiger partial charge in [-0.3, -0.25) is 4.99 Å². The number of carbonyl (C=O) groups is 2. The minimum Gasteiger partial charge on any atom is -0.457 e. The molecule has 0 fully saturated rings. The van der Waals surface area contributed by atoms with Crippen LogP contribution in [0, 0.1) is 0 Å². The van der Waals surface area contributed by atoms with Gasteiger partial charge in [-0.05, 0) is 20.8 Å². The normalized spacial score (nSPS) is 11.5. The molecule has 0 aliphatic heterocycles. The van der Waals surface area contributed by atoms with E-state index in [0.29, 0.717) is 0 Å². The van der Waals surface area contributed by atoms with Crippen LogP contribution in [-0.2, 0) is 23.8 Å². The van der Waals surface area contributed by atoms with Crippen molar-refractivity contribution < 1.29 is 23.8 Å². The SMILES string of the molecule is COCC(=O)OCC(=O)OC/C=N/C(C)(C)C. The Hall–Kier alpha value is -1.43. The lowest BCUT2D eigenvalue weighted by Crippen LogP contribution is -2.20. The number of nitrogens with zero attached hydrogens (tertiary/aromatic N) is 1. The van der Waals surface area contributed by atoms with E-state index in [4.69, 9.17) is 4.74 Å². The Bertz CT molecular complexity index is 280. The molecule has 0 atom stereocenters. The molecule has 0 N–H and O–H groups in total. The van der Waals surface area contributed by atoms with Crippen molar-refractivity contribution in [2.45, 2.75) is 26.3 Å². The Morgan fingerprint density at radius 3 is 2.24 bits per heavy atom. The second-order valence-electron chi connectivity index (χ2n) is 4.26. The molecule has 0 amide bonds. The third-order valence-corrected chi connectivity index (χ3v) is 1.41. The van der Waals surface area contributed by atoms with Gasteiger partial charge >= 0.3 is 11.9 Å². The molecule has 0 unspecified atom stereocenters. The zero-order chi connectivity index (χ0) is 13.3. The third-order valence-electron chi connectivity index (χ3n) is 1.41. The topological polar surface area (TPSA) is 74.2 Å². The number of aliphatic imine (C=N–C) groups is 1. The molecule has 6 nitrogen and oxygen atoms in total. The Balaban J connectivity index is 3.67. The van der Waals surface area contributed by atoms with Gasteiger partial charge in [-0.2, -0.15) is 0 Å². The van der Waals surface area contributed by atoms with Gasteiger partial charge in [-0.25, -0.2) is 9.59 Å². The molecule has 0 aliphatic rings. The van der Waals surface area contributed by atoms with Gasteiger partial charge in [0.2, 0.25) is 0 Å². The maximum Gasteiger partial charge on any atom is 0.344 e. The minimum atomic E-state index is -0.616. The molecular weight excluding hydrogens is 226 g/mol. The summed E-state index contributed by atoms with van der Waals surface area (Å²) in [6.07, 6.45) is 1.51. The summed E-state index contributed by atoms with van der Waals surface area (Å²) in [6, 6.07) is 0. The van der Waals surface area contributed by atoms with Crippen molar-refractivity contribution in [1.82, 2.24) is 0 Å². The molecule has 0 aromatic carbocycles. The summed E-state index contributed by atoms with van der Waals surface area (Å²) in [5, 5.41) is 0. The van der Waals surface area contributed by atoms with Gasteiger partial charge in [0.25, 0.3) is 0 Å². The molecule has 0 radical (unpaired) electrons. The van der Waals surface area contributed by atoms with Crippen molar-refractivity contribution in [2.75, 3.05) is 26.9 Å². The van der Waals surface area contributed by atoms with Gasteiger partial charge in [0.15, 0.2) is 6.61 Å². The van der Waals surface area contributed by atoms with E-state index in [1.54, 1.807) is 0 Å². The molecule has 6 heteroatoms. The highest BCUT2D eigenvalue weighted by atomic mass is 16.6. The predicted octanol–water partition coefficient (Wildman–Crippen LogP) is 0.588. The molecule has 0 saturated heterocycles. The lowest BCUT2D eigenvalue weighted by molar-refractivity contribution is -0.159.